The van der Waals surface area contributed by atoms with Gasteiger partial charge in [-0.3, -0.25) is 10.4 Å². The van der Waals surface area contributed by atoms with Gasteiger partial charge in [0.05, 0.1) is 42.3 Å². The predicted octanol–water partition coefficient (Wildman–Crippen LogP) is 4.19. The molecule has 34 heavy (non-hydrogen) atoms. The number of ether oxygens (including phenoxy) is 5. The van der Waals surface area contributed by atoms with Crippen LogP contribution < -0.4 is 5.48 Å². The van der Waals surface area contributed by atoms with Crippen molar-refractivity contribution in [3.63, 3.8) is 0 Å². The summed E-state index contributed by atoms with van der Waals surface area (Å²) in [5.41, 5.74) is 0.428. The van der Waals surface area contributed by atoms with E-state index in [-0.39, 0.29) is 5.44 Å². The Bertz CT molecular complexity index is 951. The zero-order valence-electron chi connectivity index (χ0n) is 18.7. The molecule has 1 N–H and O–H groups in total. The van der Waals surface area contributed by atoms with Gasteiger partial charge < -0.3 is 23.7 Å². The monoisotopic (exact) mass is 504 g/mol. The third-order valence-electron chi connectivity index (χ3n) is 6.76. The van der Waals surface area contributed by atoms with Crippen LogP contribution in [0, 0.1) is 0 Å². The molecular formula is C24H28N2O6S2. The number of nitrogens with one attached hydrogen (secondary N) is 1. The molecule has 5 atom stereocenters. The van der Waals surface area contributed by atoms with Gasteiger partial charge in [0, 0.05) is 24.7 Å². The lowest BCUT2D eigenvalue weighted by Crippen LogP contribution is -2.72. The van der Waals surface area contributed by atoms with Crippen molar-refractivity contribution in [2.45, 2.75) is 54.7 Å². The molecular weight excluding hydrogens is 476 g/mol. The van der Waals surface area contributed by atoms with E-state index in [9.17, 15) is 0 Å². The molecule has 0 aromatic carbocycles. The van der Waals surface area contributed by atoms with Crippen molar-refractivity contribution >= 4 is 23.8 Å². The summed E-state index contributed by atoms with van der Waals surface area (Å²) in [6.07, 6.45) is 20.2. The van der Waals surface area contributed by atoms with Gasteiger partial charge in [0.2, 0.25) is 5.60 Å². The van der Waals surface area contributed by atoms with E-state index in [2.05, 4.69) is 16.5 Å². The van der Waals surface area contributed by atoms with Crippen molar-refractivity contribution in [3.8, 4) is 0 Å². The van der Waals surface area contributed by atoms with Crippen LogP contribution in [-0.4, -0.2) is 53.6 Å². The van der Waals surface area contributed by atoms with Crippen molar-refractivity contribution in [1.82, 2.24) is 10.4 Å². The molecule has 6 rings (SSSR count). The standard InChI is InChI=1S/C24H28N2O6S2/c1-4-10-26(11-5-1)21-24(18-8-2-6-12-27-18,19-9-3-7-13-28-19)31-23(17-30-21,20-16-25-32-34-20)22-29-14-15-33-22/h2,6-9,12-16,18,21-22,25H,1,3-5,10-11,17H2. The lowest BCUT2D eigenvalue weighted by molar-refractivity contribution is -0.325. The molecule has 182 valence electrons. The topological polar surface area (TPSA) is 70.7 Å². The third-order valence-corrected chi connectivity index (χ3v) is 8.59. The van der Waals surface area contributed by atoms with Gasteiger partial charge in [-0.15, -0.1) is 0 Å². The van der Waals surface area contributed by atoms with E-state index < -0.39 is 23.5 Å². The minimum Gasteiger partial charge on any atom is -0.490 e. The molecule has 0 radical (unpaired) electrons. The van der Waals surface area contributed by atoms with E-state index in [4.69, 9.17) is 28.0 Å². The van der Waals surface area contributed by atoms with E-state index in [1.54, 1.807) is 30.5 Å². The summed E-state index contributed by atoms with van der Waals surface area (Å²) >= 11 is 2.79. The van der Waals surface area contributed by atoms with Gasteiger partial charge in [0.25, 0.3) is 0 Å². The number of nitrogens with zero attached hydrogens (tertiary/aromatic N) is 1. The second-order valence-corrected chi connectivity index (χ2v) is 10.5. The minimum absolute atomic E-state index is 0.300. The lowest BCUT2D eigenvalue weighted by atomic mass is 9.84. The zero-order chi connectivity index (χ0) is 22.8. The molecule has 0 bridgehead atoms. The Morgan fingerprint density at radius 2 is 2.00 bits per heavy atom. The number of allylic oxidation sites excluding steroid dienone is 4. The zero-order valence-corrected chi connectivity index (χ0v) is 20.3. The molecule has 8 nitrogen and oxygen atoms in total. The first-order chi connectivity index (χ1) is 16.8. The molecule has 6 heterocycles. The second-order valence-electron chi connectivity index (χ2n) is 8.78. The van der Waals surface area contributed by atoms with Crippen LogP contribution in [0.2, 0.25) is 0 Å². The SMILES string of the molecule is C1=COC(C2(C3=CCC=CO3)OC(C3=CNOS3)(C3OC=CS3)COC2N2CCCCC2)C=C1. The van der Waals surface area contributed by atoms with Crippen LogP contribution in [0.25, 0.3) is 0 Å². The largest absolute Gasteiger partial charge is 0.490 e. The number of hydroxylamine groups is 1. The van der Waals surface area contributed by atoms with Crippen LogP contribution in [0.5, 0.6) is 0 Å². The van der Waals surface area contributed by atoms with E-state index in [1.165, 1.54) is 18.5 Å². The Morgan fingerprint density at radius 1 is 1.06 bits per heavy atom. The van der Waals surface area contributed by atoms with E-state index in [0.717, 1.165) is 37.3 Å². The summed E-state index contributed by atoms with van der Waals surface area (Å²) in [6.45, 7) is 2.15. The van der Waals surface area contributed by atoms with Crippen LogP contribution in [0.15, 0.2) is 71.4 Å². The van der Waals surface area contributed by atoms with E-state index in [1.807, 2.05) is 35.9 Å². The second kappa shape index (κ2) is 9.67. The van der Waals surface area contributed by atoms with Crippen LogP contribution >= 0.6 is 23.8 Å². The molecule has 6 aliphatic heterocycles. The Labute approximate surface area is 207 Å². The molecule has 0 aromatic heterocycles. The Hall–Kier alpha value is -1.82. The first kappa shape index (κ1) is 22.6. The number of thioether (sulfide) groups is 1. The number of hydrogen-bond donors (Lipinski definition) is 1. The van der Waals surface area contributed by atoms with Gasteiger partial charge in [-0.25, -0.2) is 4.28 Å². The van der Waals surface area contributed by atoms with Crippen molar-refractivity contribution in [3.05, 3.63) is 71.4 Å². The number of likely N-dealkylation sites (tertiary alicyclic amines) is 1. The summed E-state index contributed by atoms with van der Waals surface area (Å²) in [6, 6.07) is 0. The van der Waals surface area contributed by atoms with Crippen LogP contribution in [0.3, 0.4) is 0 Å². The molecule has 2 fully saturated rings. The lowest BCUT2D eigenvalue weighted by Gasteiger charge is -2.57. The highest BCUT2D eigenvalue weighted by Crippen LogP contribution is 2.53. The number of rotatable bonds is 5. The molecule has 2 saturated heterocycles. The van der Waals surface area contributed by atoms with Crippen LogP contribution in [0.1, 0.15) is 25.7 Å². The predicted molar refractivity (Wildman–Crippen MR) is 129 cm³/mol. The Morgan fingerprint density at radius 3 is 2.71 bits per heavy atom. The Balaban J connectivity index is 1.49. The van der Waals surface area contributed by atoms with Crippen LogP contribution in [0.4, 0.5) is 0 Å². The van der Waals surface area contributed by atoms with Gasteiger partial charge in [-0.2, -0.15) is 0 Å². The minimum atomic E-state index is -1.09. The van der Waals surface area contributed by atoms with Crippen molar-refractivity contribution in [2.24, 2.45) is 0 Å². The normalized spacial score (nSPS) is 39.6. The fourth-order valence-electron chi connectivity index (χ4n) is 5.21. The first-order valence-corrected chi connectivity index (χ1v) is 13.3. The van der Waals surface area contributed by atoms with Crippen molar-refractivity contribution in [2.75, 3.05) is 19.7 Å². The number of hydrogen-bond acceptors (Lipinski definition) is 10. The van der Waals surface area contributed by atoms with E-state index in [0.29, 0.717) is 12.4 Å². The molecule has 0 spiro atoms. The first-order valence-electron chi connectivity index (χ1n) is 11.7. The number of piperidine rings is 1. The average Bonchev–Trinajstić information content (AvgIpc) is 3.66. The molecule has 10 heteroatoms. The molecule has 6 aliphatic rings. The van der Waals surface area contributed by atoms with Crippen LogP contribution in [-0.2, 0) is 28.0 Å². The summed E-state index contributed by atoms with van der Waals surface area (Å²) in [7, 11) is 0. The molecule has 0 aromatic rings. The molecule has 5 unspecified atom stereocenters. The summed E-state index contributed by atoms with van der Waals surface area (Å²) in [4.78, 5) is 3.22. The maximum atomic E-state index is 7.38. The van der Waals surface area contributed by atoms with Gasteiger partial charge >= 0.3 is 0 Å². The van der Waals surface area contributed by atoms with Gasteiger partial charge in [0.15, 0.2) is 23.4 Å². The third kappa shape index (κ3) is 3.81. The summed E-state index contributed by atoms with van der Waals surface area (Å²) in [5, 5.41) is 1.93. The van der Waals surface area contributed by atoms with Gasteiger partial charge in [-0.1, -0.05) is 24.3 Å². The highest BCUT2D eigenvalue weighted by Gasteiger charge is 2.66. The highest BCUT2D eigenvalue weighted by molar-refractivity contribution is 8.03. The smallest absolute Gasteiger partial charge is 0.206 e. The quantitative estimate of drug-likeness (QED) is 0.551. The van der Waals surface area contributed by atoms with E-state index >= 15 is 0 Å². The van der Waals surface area contributed by atoms with Crippen molar-refractivity contribution in [1.29, 1.82) is 0 Å². The Kier molecular flexibility index (Phi) is 6.44. The molecule has 0 saturated carbocycles. The molecule has 0 amide bonds. The van der Waals surface area contributed by atoms with Gasteiger partial charge in [0.1, 0.15) is 5.76 Å². The fourth-order valence-corrected chi connectivity index (χ4v) is 6.77. The average molecular weight is 505 g/mol. The molecule has 0 aliphatic carbocycles. The highest BCUT2D eigenvalue weighted by atomic mass is 32.2. The fraction of sp³-hybridized carbons (Fsp3) is 0.500. The summed E-state index contributed by atoms with van der Waals surface area (Å²) in [5.74, 6) is 0.688. The summed E-state index contributed by atoms with van der Waals surface area (Å²) < 4.78 is 38.1. The maximum absolute atomic E-state index is 7.38. The van der Waals surface area contributed by atoms with Gasteiger partial charge in [-0.05, 0) is 43.6 Å². The van der Waals surface area contributed by atoms with Crippen molar-refractivity contribution < 1.29 is 28.0 Å². The maximum Gasteiger partial charge on any atom is 0.206 e.